The number of aryl methyl sites for hydroxylation is 3. The van der Waals surface area contributed by atoms with Crippen molar-refractivity contribution in [2.24, 2.45) is 0 Å². The highest BCUT2D eigenvalue weighted by molar-refractivity contribution is 5.81. The van der Waals surface area contributed by atoms with Gasteiger partial charge in [0.2, 0.25) is 0 Å². The fraction of sp³-hybridized carbons (Fsp3) is 0.412. The van der Waals surface area contributed by atoms with E-state index in [1.807, 2.05) is 10.8 Å². The maximum absolute atomic E-state index is 12.2. The van der Waals surface area contributed by atoms with E-state index in [4.69, 9.17) is 0 Å². The van der Waals surface area contributed by atoms with Crippen molar-refractivity contribution in [3.63, 3.8) is 0 Å². The molecule has 3 heteroatoms. The zero-order chi connectivity index (χ0) is 14.7. The summed E-state index contributed by atoms with van der Waals surface area (Å²) < 4.78 is 1.94. The molecule has 0 aliphatic carbocycles. The number of benzene rings is 1. The van der Waals surface area contributed by atoms with Gasteiger partial charge in [-0.25, -0.2) is 4.98 Å². The number of rotatable bonds is 5. The number of carbonyl (C=O) groups is 1. The smallest absolute Gasteiger partial charge is 0.139 e. The summed E-state index contributed by atoms with van der Waals surface area (Å²) >= 11 is 0. The molecule has 2 rings (SSSR count). The molecule has 1 heterocycles. The minimum Gasteiger partial charge on any atom is -0.337 e. The Bertz CT molecular complexity index is 586. The predicted octanol–water partition coefficient (Wildman–Crippen LogP) is 3.32. The summed E-state index contributed by atoms with van der Waals surface area (Å²) in [6, 6.07) is 2.20. The van der Waals surface area contributed by atoms with E-state index >= 15 is 0 Å². The second kappa shape index (κ2) is 6.04. The molecule has 0 saturated heterocycles. The van der Waals surface area contributed by atoms with Crippen molar-refractivity contribution in [3.05, 3.63) is 52.6 Å². The molecule has 3 nitrogen and oxygen atoms in total. The molecule has 0 unspecified atom stereocenters. The monoisotopic (exact) mass is 270 g/mol. The standard InChI is InChI=1S/C17H22N2O/c1-12-9-13(2)15(4)17(14(12)3)10-16(20)5-7-19-8-6-18-11-19/h6,8-9,11H,5,7,10H2,1-4H3. The van der Waals surface area contributed by atoms with Gasteiger partial charge in [0.05, 0.1) is 6.33 Å². The molecular weight excluding hydrogens is 248 g/mol. The molecule has 106 valence electrons. The lowest BCUT2D eigenvalue weighted by Gasteiger charge is -2.14. The molecule has 0 bridgehead atoms. The Kier molecular flexibility index (Phi) is 4.38. The Labute approximate surface area is 120 Å². The molecule has 0 aliphatic heterocycles. The number of nitrogens with zero attached hydrogens (tertiary/aromatic N) is 2. The first-order chi connectivity index (χ1) is 9.49. The summed E-state index contributed by atoms with van der Waals surface area (Å²) in [5, 5.41) is 0. The first-order valence-corrected chi connectivity index (χ1v) is 7.02. The van der Waals surface area contributed by atoms with Crippen molar-refractivity contribution in [2.45, 2.75) is 47.1 Å². The normalized spacial score (nSPS) is 10.8. The molecule has 0 saturated carbocycles. The van der Waals surface area contributed by atoms with Gasteiger partial charge in [-0.15, -0.1) is 0 Å². The van der Waals surface area contributed by atoms with Crippen molar-refractivity contribution in [1.82, 2.24) is 9.55 Å². The lowest BCUT2D eigenvalue weighted by molar-refractivity contribution is -0.118. The number of aromatic nitrogens is 2. The topological polar surface area (TPSA) is 34.9 Å². The molecule has 1 aromatic carbocycles. The average Bonchev–Trinajstić information content (AvgIpc) is 2.92. The van der Waals surface area contributed by atoms with Crippen molar-refractivity contribution in [1.29, 1.82) is 0 Å². The largest absolute Gasteiger partial charge is 0.337 e. The van der Waals surface area contributed by atoms with Gasteiger partial charge in [0, 0.05) is 31.8 Å². The van der Waals surface area contributed by atoms with Gasteiger partial charge in [0.1, 0.15) is 5.78 Å². The first-order valence-electron chi connectivity index (χ1n) is 7.02. The SMILES string of the molecule is Cc1cc(C)c(C)c(CC(=O)CCn2ccnc2)c1C. The van der Waals surface area contributed by atoms with Gasteiger partial charge in [-0.05, 0) is 55.5 Å². The number of hydrogen-bond donors (Lipinski definition) is 0. The van der Waals surface area contributed by atoms with Gasteiger partial charge < -0.3 is 4.57 Å². The third-order valence-corrected chi connectivity index (χ3v) is 4.10. The van der Waals surface area contributed by atoms with Crippen LogP contribution in [-0.4, -0.2) is 15.3 Å². The second-order valence-electron chi connectivity index (χ2n) is 5.50. The van der Waals surface area contributed by atoms with E-state index in [0.29, 0.717) is 19.4 Å². The Morgan fingerprint density at radius 3 is 2.35 bits per heavy atom. The fourth-order valence-electron chi connectivity index (χ4n) is 2.52. The molecule has 0 spiro atoms. The lowest BCUT2D eigenvalue weighted by atomic mass is 9.91. The van der Waals surface area contributed by atoms with Gasteiger partial charge in [0.15, 0.2) is 0 Å². The maximum atomic E-state index is 12.2. The number of Topliss-reactive ketones (excluding diaryl/α,β-unsaturated/α-hetero) is 1. The summed E-state index contributed by atoms with van der Waals surface area (Å²) in [4.78, 5) is 16.2. The highest BCUT2D eigenvalue weighted by Gasteiger charge is 2.12. The van der Waals surface area contributed by atoms with Gasteiger partial charge in [-0.2, -0.15) is 0 Å². The molecule has 0 atom stereocenters. The summed E-state index contributed by atoms with van der Waals surface area (Å²) in [6.07, 6.45) is 6.47. The summed E-state index contributed by atoms with van der Waals surface area (Å²) in [5.41, 5.74) is 6.25. The van der Waals surface area contributed by atoms with Crippen LogP contribution < -0.4 is 0 Å². The Morgan fingerprint density at radius 2 is 1.80 bits per heavy atom. The fourth-order valence-corrected chi connectivity index (χ4v) is 2.52. The van der Waals surface area contributed by atoms with Crippen LogP contribution in [0.1, 0.15) is 34.2 Å². The quantitative estimate of drug-likeness (QED) is 0.835. The van der Waals surface area contributed by atoms with Crippen LogP contribution >= 0.6 is 0 Å². The molecule has 1 aromatic heterocycles. The van der Waals surface area contributed by atoms with E-state index in [0.717, 1.165) is 0 Å². The second-order valence-corrected chi connectivity index (χ2v) is 5.50. The third kappa shape index (κ3) is 3.16. The van der Waals surface area contributed by atoms with Gasteiger partial charge in [0.25, 0.3) is 0 Å². The molecule has 0 N–H and O–H groups in total. The van der Waals surface area contributed by atoms with Crippen molar-refractivity contribution in [3.8, 4) is 0 Å². The minimum absolute atomic E-state index is 0.287. The van der Waals surface area contributed by atoms with Gasteiger partial charge in [-0.1, -0.05) is 6.07 Å². The summed E-state index contributed by atoms with van der Waals surface area (Å²) in [5.74, 6) is 0.287. The van der Waals surface area contributed by atoms with E-state index in [-0.39, 0.29) is 5.78 Å². The molecule has 0 radical (unpaired) electrons. The zero-order valence-corrected chi connectivity index (χ0v) is 12.7. The molecular formula is C17H22N2O. The number of ketones is 1. The maximum Gasteiger partial charge on any atom is 0.139 e. The average molecular weight is 270 g/mol. The van der Waals surface area contributed by atoms with Crippen molar-refractivity contribution in [2.75, 3.05) is 0 Å². The summed E-state index contributed by atoms with van der Waals surface area (Å²) in [6.45, 7) is 9.16. The van der Waals surface area contributed by atoms with E-state index < -0.39 is 0 Å². The minimum atomic E-state index is 0.287. The highest BCUT2D eigenvalue weighted by atomic mass is 16.1. The predicted molar refractivity (Wildman–Crippen MR) is 80.9 cm³/mol. The van der Waals surface area contributed by atoms with Crippen molar-refractivity contribution >= 4 is 5.78 Å². The zero-order valence-electron chi connectivity index (χ0n) is 12.7. The molecule has 2 aromatic rings. The Balaban J connectivity index is 2.08. The van der Waals surface area contributed by atoms with E-state index in [9.17, 15) is 4.79 Å². The van der Waals surface area contributed by atoms with Crippen LogP contribution in [0.5, 0.6) is 0 Å². The van der Waals surface area contributed by atoms with Crippen molar-refractivity contribution < 1.29 is 4.79 Å². The third-order valence-electron chi connectivity index (χ3n) is 4.10. The Morgan fingerprint density at radius 1 is 1.15 bits per heavy atom. The Hall–Kier alpha value is -1.90. The number of imidazole rings is 1. The van der Waals surface area contributed by atoms with Crippen LogP contribution in [0.25, 0.3) is 0 Å². The van der Waals surface area contributed by atoms with Crippen LogP contribution in [-0.2, 0) is 17.8 Å². The van der Waals surface area contributed by atoms with E-state index in [1.165, 1.54) is 27.8 Å². The molecule has 20 heavy (non-hydrogen) atoms. The van der Waals surface area contributed by atoms with Crippen LogP contribution in [0.15, 0.2) is 24.8 Å². The summed E-state index contributed by atoms with van der Waals surface area (Å²) in [7, 11) is 0. The molecule has 0 fully saturated rings. The van der Waals surface area contributed by atoms with E-state index in [1.54, 1.807) is 12.5 Å². The van der Waals surface area contributed by atoms with Crippen LogP contribution in [0, 0.1) is 27.7 Å². The van der Waals surface area contributed by atoms with Gasteiger partial charge >= 0.3 is 0 Å². The van der Waals surface area contributed by atoms with Crippen LogP contribution in [0.2, 0.25) is 0 Å². The molecule has 0 amide bonds. The molecule has 0 aliphatic rings. The van der Waals surface area contributed by atoms with E-state index in [2.05, 4.69) is 38.7 Å². The first kappa shape index (κ1) is 14.5. The number of carbonyl (C=O) groups excluding carboxylic acids is 1. The van der Waals surface area contributed by atoms with Gasteiger partial charge in [-0.3, -0.25) is 4.79 Å². The van der Waals surface area contributed by atoms with Crippen LogP contribution in [0.4, 0.5) is 0 Å². The number of hydrogen-bond acceptors (Lipinski definition) is 2. The highest BCUT2D eigenvalue weighted by Crippen LogP contribution is 2.22. The lowest BCUT2D eigenvalue weighted by Crippen LogP contribution is -2.10. The van der Waals surface area contributed by atoms with Crippen LogP contribution in [0.3, 0.4) is 0 Å².